The molecular weight excluding hydrogens is 357 g/mol. The summed E-state index contributed by atoms with van der Waals surface area (Å²) in [5, 5.41) is -5.92. The van der Waals surface area contributed by atoms with Crippen molar-refractivity contribution in [3.63, 3.8) is 0 Å². The zero-order valence-electron chi connectivity index (χ0n) is 8.97. The molecular formula is C7H3F11S2. The summed E-state index contributed by atoms with van der Waals surface area (Å²) in [5.74, 6) is -34.6. The molecule has 1 aliphatic rings. The van der Waals surface area contributed by atoms with E-state index >= 15 is 0 Å². The number of hydrogen-bond donors (Lipinski definition) is 0. The number of halogens is 11. The predicted molar refractivity (Wildman–Crippen MR) is 49.7 cm³/mol. The third-order valence-electron chi connectivity index (χ3n) is 2.58. The fraction of sp³-hybridized carbons (Fsp3) is 1.00. The highest BCUT2D eigenvalue weighted by Crippen LogP contribution is 2.72. The summed E-state index contributed by atoms with van der Waals surface area (Å²) in [6.07, 6.45) is 0.640. The average Bonchev–Trinajstić information content (AvgIpc) is 2.26. The molecule has 0 heterocycles. The van der Waals surface area contributed by atoms with E-state index < -0.39 is 45.4 Å². The topological polar surface area (TPSA) is 0 Å². The number of rotatable bonds is 2. The quantitative estimate of drug-likeness (QED) is 0.510. The summed E-state index contributed by atoms with van der Waals surface area (Å²) in [6, 6.07) is 0. The van der Waals surface area contributed by atoms with Crippen LogP contribution in [-0.4, -0.2) is 40.9 Å². The molecule has 1 fully saturated rings. The normalized spacial score (nSPS) is 31.8. The van der Waals surface area contributed by atoms with Crippen LogP contribution in [0.15, 0.2) is 0 Å². The summed E-state index contributed by atoms with van der Waals surface area (Å²) in [6.45, 7) is 0. The SMILES string of the molecule is CSSC1(F)C(F)(F)C(F)(F)C(F)(F)C(F)(F)C1(F)F. The van der Waals surface area contributed by atoms with Gasteiger partial charge in [-0.2, -0.15) is 43.9 Å². The van der Waals surface area contributed by atoms with Crippen molar-refractivity contribution in [2.75, 3.05) is 6.26 Å². The molecule has 20 heavy (non-hydrogen) atoms. The van der Waals surface area contributed by atoms with Crippen LogP contribution in [0.2, 0.25) is 0 Å². The Kier molecular flexibility index (Phi) is 3.80. The van der Waals surface area contributed by atoms with Gasteiger partial charge in [0, 0.05) is 0 Å². The molecule has 13 heteroatoms. The zero-order chi connectivity index (χ0) is 16.4. The predicted octanol–water partition coefficient (Wildman–Crippen LogP) is 4.85. The second-order valence-electron chi connectivity index (χ2n) is 3.72. The van der Waals surface area contributed by atoms with Gasteiger partial charge in [0.25, 0.3) is 0 Å². The highest BCUT2D eigenvalue weighted by atomic mass is 33.1. The molecule has 0 aromatic heterocycles. The van der Waals surface area contributed by atoms with E-state index in [1.807, 2.05) is 0 Å². The summed E-state index contributed by atoms with van der Waals surface area (Å²) < 4.78 is 143. The van der Waals surface area contributed by atoms with Crippen LogP contribution >= 0.6 is 21.6 Å². The van der Waals surface area contributed by atoms with E-state index in [4.69, 9.17) is 0 Å². The molecule has 0 amide bonds. The molecule has 0 spiro atoms. The zero-order valence-corrected chi connectivity index (χ0v) is 10.6. The highest BCUT2D eigenvalue weighted by Gasteiger charge is 3.01. The van der Waals surface area contributed by atoms with E-state index in [9.17, 15) is 48.3 Å². The van der Waals surface area contributed by atoms with Gasteiger partial charge in [-0.25, -0.2) is 4.39 Å². The summed E-state index contributed by atoms with van der Waals surface area (Å²) >= 11 is 0. The Hall–Kier alpha value is -0.0700. The standard InChI is InChI=1S/C7H3F11S2/c1-19-20-7(18)5(14,15)3(10,11)2(8,9)4(12,13)6(7,16)17/h1H3. The Morgan fingerprint density at radius 2 is 0.750 bits per heavy atom. The molecule has 0 N–H and O–H groups in total. The van der Waals surface area contributed by atoms with Crippen LogP contribution in [0, 0.1) is 0 Å². The first-order valence-corrected chi connectivity index (χ1v) is 6.92. The lowest BCUT2D eigenvalue weighted by Gasteiger charge is -2.51. The van der Waals surface area contributed by atoms with Crippen molar-refractivity contribution in [1.29, 1.82) is 0 Å². The summed E-state index contributed by atoms with van der Waals surface area (Å²) in [7, 11) is -1.69. The van der Waals surface area contributed by atoms with Crippen molar-refractivity contribution >= 4 is 21.6 Å². The van der Waals surface area contributed by atoms with Gasteiger partial charge in [0.2, 0.25) is 0 Å². The lowest BCUT2D eigenvalue weighted by molar-refractivity contribution is -0.468. The fourth-order valence-corrected chi connectivity index (χ4v) is 3.42. The molecule has 0 radical (unpaired) electrons. The van der Waals surface area contributed by atoms with Gasteiger partial charge in [-0.3, -0.25) is 0 Å². The Balaban J connectivity index is 3.73. The second kappa shape index (κ2) is 4.23. The minimum absolute atomic E-state index is 0.317. The maximum absolute atomic E-state index is 13.6. The van der Waals surface area contributed by atoms with E-state index in [0.717, 1.165) is 0 Å². The van der Waals surface area contributed by atoms with Crippen LogP contribution in [0.3, 0.4) is 0 Å². The Morgan fingerprint density at radius 1 is 0.500 bits per heavy atom. The fourth-order valence-electron chi connectivity index (χ4n) is 1.41. The Labute approximate surface area is 111 Å². The third-order valence-corrected chi connectivity index (χ3v) is 4.68. The minimum Gasteiger partial charge on any atom is -0.217 e. The van der Waals surface area contributed by atoms with Crippen LogP contribution in [0.1, 0.15) is 0 Å². The van der Waals surface area contributed by atoms with Gasteiger partial charge in [0.1, 0.15) is 0 Å². The van der Waals surface area contributed by atoms with Gasteiger partial charge in [-0.15, -0.1) is 0 Å². The van der Waals surface area contributed by atoms with Gasteiger partial charge in [0.05, 0.1) is 0 Å². The maximum Gasteiger partial charge on any atom is 0.384 e. The van der Waals surface area contributed by atoms with Crippen LogP contribution in [0.4, 0.5) is 48.3 Å². The molecule has 120 valence electrons. The minimum atomic E-state index is -7.14. The van der Waals surface area contributed by atoms with Crippen molar-refractivity contribution in [3.8, 4) is 0 Å². The van der Waals surface area contributed by atoms with Crippen LogP contribution in [-0.2, 0) is 0 Å². The molecule has 0 nitrogen and oxygen atoms in total. The first kappa shape index (κ1) is 18.0. The van der Waals surface area contributed by atoms with E-state index in [1.54, 1.807) is 0 Å². The maximum atomic E-state index is 13.6. The Bertz CT molecular complexity index is 374. The summed E-state index contributed by atoms with van der Waals surface area (Å²) in [4.78, 5) is 0. The van der Waals surface area contributed by atoms with E-state index in [0.29, 0.717) is 6.26 Å². The average molecular weight is 360 g/mol. The molecule has 1 aliphatic carbocycles. The van der Waals surface area contributed by atoms with E-state index in [2.05, 4.69) is 0 Å². The molecule has 1 saturated carbocycles. The molecule has 0 aromatic rings. The molecule has 0 aromatic carbocycles. The molecule has 0 unspecified atom stereocenters. The molecule has 0 atom stereocenters. The van der Waals surface area contributed by atoms with Crippen molar-refractivity contribution in [2.45, 2.75) is 34.6 Å². The lowest BCUT2D eigenvalue weighted by atomic mass is 9.81. The monoisotopic (exact) mass is 360 g/mol. The van der Waals surface area contributed by atoms with Gasteiger partial charge in [-0.1, -0.05) is 10.8 Å². The van der Waals surface area contributed by atoms with Gasteiger partial charge in [0.15, 0.2) is 0 Å². The number of hydrogen-bond acceptors (Lipinski definition) is 2. The lowest BCUT2D eigenvalue weighted by Crippen LogP contribution is -2.82. The first-order chi connectivity index (χ1) is 8.56. The molecule has 0 aliphatic heterocycles. The van der Waals surface area contributed by atoms with E-state index in [-0.39, 0.29) is 10.8 Å². The highest BCUT2D eigenvalue weighted by molar-refractivity contribution is 8.77. The smallest absolute Gasteiger partial charge is 0.217 e. The van der Waals surface area contributed by atoms with Gasteiger partial charge in [-0.05, 0) is 17.0 Å². The van der Waals surface area contributed by atoms with Crippen molar-refractivity contribution < 1.29 is 48.3 Å². The van der Waals surface area contributed by atoms with Crippen LogP contribution in [0.25, 0.3) is 0 Å². The largest absolute Gasteiger partial charge is 0.384 e. The molecule has 0 bridgehead atoms. The van der Waals surface area contributed by atoms with Gasteiger partial charge >= 0.3 is 34.6 Å². The van der Waals surface area contributed by atoms with Crippen molar-refractivity contribution in [2.24, 2.45) is 0 Å². The van der Waals surface area contributed by atoms with Crippen LogP contribution in [0.5, 0.6) is 0 Å². The Morgan fingerprint density at radius 3 is 1.00 bits per heavy atom. The van der Waals surface area contributed by atoms with Crippen LogP contribution < -0.4 is 0 Å². The molecule has 1 rings (SSSR count). The van der Waals surface area contributed by atoms with Crippen molar-refractivity contribution in [3.05, 3.63) is 0 Å². The van der Waals surface area contributed by atoms with Crippen molar-refractivity contribution in [1.82, 2.24) is 0 Å². The molecule has 0 saturated heterocycles. The summed E-state index contributed by atoms with van der Waals surface area (Å²) in [5.41, 5.74) is 0. The third kappa shape index (κ3) is 1.53. The van der Waals surface area contributed by atoms with Gasteiger partial charge < -0.3 is 0 Å². The number of alkyl halides is 11. The van der Waals surface area contributed by atoms with E-state index in [1.165, 1.54) is 0 Å². The first-order valence-electron chi connectivity index (χ1n) is 4.36. The second-order valence-corrected chi connectivity index (χ2v) is 6.28.